The lowest BCUT2D eigenvalue weighted by Crippen LogP contribution is -2.52. The smallest absolute Gasteiger partial charge is 0.216 e. The third kappa shape index (κ3) is 3.40. The van der Waals surface area contributed by atoms with Gasteiger partial charge in [-0.05, 0) is 33.9 Å². The zero-order valence-corrected chi connectivity index (χ0v) is 11.8. The molecule has 0 radical (unpaired) electrons. The van der Waals surface area contributed by atoms with Crippen LogP contribution in [0.2, 0.25) is 0 Å². The van der Waals surface area contributed by atoms with E-state index in [0.717, 1.165) is 25.7 Å². The minimum absolute atomic E-state index is 0.0533. The van der Waals surface area contributed by atoms with Crippen LogP contribution in [0.5, 0.6) is 0 Å². The summed E-state index contributed by atoms with van der Waals surface area (Å²) >= 11 is 0. The Morgan fingerprint density at radius 2 is 1.88 bits per heavy atom. The molecule has 0 aliphatic heterocycles. The lowest BCUT2D eigenvalue weighted by Gasteiger charge is -2.36. The summed E-state index contributed by atoms with van der Waals surface area (Å²) in [6.45, 7) is 1.61. The van der Waals surface area contributed by atoms with Crippen LogP contribution in [-0.2, 0) is 10.0 Å². The number of likely N-dealkylation sites (N-methyl/N-ethyl adjacent to an activating group) is 1. The Morgan fingerprint density at radius 1 is 1.35 bits per heavy atom. The first-order valence-corrected chi connectivity index (χ1v) is 7.65. The van der Waals surface area contributed by atoms with Gasteiger partial charge >= 0.3 is 0 Å². The fraction of sp³-hybridized carbons (Fsp3) is 1.00. The Hall–Kier alpha value is -0.170. The predicted octanol–water partition coefficient (Wildman–Crippen LogP) is 0.161. The standard InChI is InChI=1S/C11H24N2O3S/c1-10(8-14)17(15,16)12-9-11(13(2)3)6-4-5-7-11/h10,12,14H,4-9H2,1-3H3. The highest BCUT2D eigenvalue weighted by Gasteiger charge is 2.37. The summed E-state index contributed by atoms with van der Waals surface area (Å²) in [5.41, 5.74) is -0.0533. The van der Waals surface area contributed by atoms with Crippen LogP contribution < -0.4 is 4.72 Å². The Labute approximate surface area is 104 Å². The van der Waals surface area contributed by atoms with Crippen molar-refractivity contribution in [3.05, 3.63) is 0 Å². The molecule has 0 amide bonds. The maximum absolute atomic E-state index is 11.8. The average Bonchev–Trinajstić information content (AvgIpc) is 2.75. The summed E-state index contributed by atoms with van der Waals surface area (Å²) in [7, 11) is 0.594. The first-order valence-electron chi connectivity index (χ1n) is 6.11. The van der Waals surface area contributed by atoms with Gasteiger partial charge in [0.05, 0.1) is 11.9 Å². The van der Waals surface area contributed by atoms with Crippen molar-refractivity contribution in [3.8, 4) is 0 Å². The molecule has 1 fully saturated rings. The molecular weight excluding hydrogens is 240 g/mol. The van der Waals surface area contributed by atoms with Gasteiger partial charge in [-0.1, -0.05) is 12.8 Å². The third-order valence-electron chi connectivity index (χ3n) is 3.87. The number of nitrogens with one attached hydrogen (secondary N) is 1. The van der Waals surface area contributed by atoms with Gasteiger partial charge in [0, 0.05) is 12.1 Å². The van der Waals surface area contributed by atoms with Gasteiger partial charge in [0.25, 0.3) is 0 Å². The van der Waals surface area contributed by atoms with Gasteiger partial charge < -0.3 is 10.0 Å². The number of rotatable bonds is 6. The third-order valence-corrected chi connectivity index (χ3v) is 5.63. The molecule has 1 rings (SSSR count). The second-order valence-electron chi connectivity index (χ2n) is 5.19. The quantitative estimate of drug-likeness (QED) is 0.717. The Morgan fingerprint density at radius 3 is 2.29 bits per heavy atom. The minimum Gasteiger partial charge on any atom is -0.395 e. The summed E-state index contributed by atoms with van der Waals surface area (Å²) in [4.78, 5) is 2.12. The normalized spacial score (nSPS) is 21.9. The molecule has 2 N–H and O–H groups in total. The molecule has 6 heteroatoms. The van der Waals surface area contributed by atoms with E-state index in [9.17, 15) is 8.42 Å². The molecule has 17 heavy (non-hydrogen) atoms. The summed E-state index contributed by atoms with van der Waals surface area (Å²) in [6.07, 6.45) is 4.34. The number of sulfonamides is 1. The van der Waals surface area contributed by atoms with Crippen LogP contribution in [0, 0.1) is 0 Å². The molecule has 5 nitrogen and oxygen atoms in total. The first kappa shape index (κ1) is 14.9. The second kappa shape index (κ2) is 5.65. The molecule has 0 aromatic carbocycles. The topological polar surface area (TPSA) is 69.6 Å². The highest BCUT2D eigenvalue weighted by Crippen LogP contribution is 2.33. The molecular formula is C11H24N2O3S. The van der Waals surface area contributed by atoms with E-state index >= 15 is 0 Å². The van der Waals surface area contributed by atoms with E-state index in [2.05, 4.69) is 9.62 Å². The molecule has 1 atom stereocenters. The van der Waals surface area contributed by atoms with Crippen LogP contribution in [-0.4, -0.2) is 56.5 Å². The first-order chi connectivity index (χ1) is 7.84. The van der Waals surface area contributed by atoms with E-state index < -0.39 is 15.3 Å². The number of aliphatic hydroxyl groups excluding tert-OH is 1. The van der Waals surface area contributed by atoms with Gasteiger partial charge in [-0.2, -0.15) is 0 Å². The number of hydrogen-bond acceptors (Lipinski definition) is 4. The molecule has 0 aromatic heterocycles. The van der Waals surface area contributed by atoms with Gasteiger partial charge in [0.2, 0.25) is 10.0 Å². The highest BCUT2D eigenvalue weighted by atomic mass is 32.2. The number of aliphatic hydroxyl groups is 1. The molecule has 1 unspecified atom stereocenters. The van der Waals surface area contributed by atoms with Gasteiger partial charge in [0.1, 0.15) is 0 Å². The summed E-state index contributed by atoms with van der Waals surface area (Å²) in [5, 5.41) is 8.16. The Bertz CT molecular complexity index is 335. The van der Waals surface area contributed by atoms with E-state index in [1.54, 1.807) is 0 Å². The maximum atomic E-state index is 11.8. The van der Waals surface area contributed by atoms with Crippen LogP contribution in [0.15, 0.2) is 0 Å². The molecule has 0 heterocycles. The fourth-order valence-corrected chi connectivity index (χ4v) is 3.24. The van der Waals surface area contributed by atoms with Crippen molar-refractivity contribution in [2.24, 2.45) is 0 Å². The van der Waals surface area contributed by atoms with E-state index in [4.69, 9.17) is 5.11 Å². The molecule has 1 aliphatic carbocycles. The van der Waals surface area contributed by atoms with Crippen LogP contribution in [0.3, 0.4) is 0 Å². The number of nitrogens with zero attached hydrogens (tertiary/aromatic N) is 1. The van der Waals surface area contributed by atoms with E-state index in [1.807, 2.05) is 14.1 Å². The zero-order chi connectivity index (χ0) is 13.1. The van der Waals surface area contributed by atoms with Crippen molar-refractivity contribution in [1.29, 1.82) is 0 Å². The van der Waals surface area contributed by atoms with Crippen LogP contribution in [0.25, 0.3) is 0 Å². The molecule has 0 spiro atoms. The van der Waals surface area contributed by atoms with Crippen molar-refractivity contribution in [2.75, 3.05) is 27.2 Å². The molecule has 1 aliphatic rings. The van der Waals surface area contributed by atoms with Gasteiger partial charge in [-0.15, -0.1) is 0 Å². The average molecular weight is 264 g/mol. The highest BCUT2D eigenvalue weighted by molar-refractivity contribution is 7.90. The van der Waals surface area contributed by atoms with Crippen molar-refractivity contribution in [3.63, 3.8) is 0 Å². The molecule has 102 valence electrons. The summed E-state index contributed by atoms with van der Waals surface area (Å²) in [5.74, 6) is 0. The SMILES string of the molecule is CC(CO)S(=O)(=O)NCC1(N(C)C)CCCC1. The molecule has 0 aromatic rings. The second-order valence-corrected chi connectivity index (χ2v) is 7.37. The lowest BCUT2D eigenvalue weighted by atomic mass is 9.97. The van der Waals surface area contributed by atoms with Crippen molar-refractivity contribution < 1.29 is 13.5 Å². The Balaban J connectivity index is 2.65. The van der Waals surface area contributed by atoms with E-state index in [0.29, 0.717) is 6.54 Å². The van der Waals surface area contributed by atoms with Crippen molar-refractivity contribution >= 4 is 10.0 Å². The predicted molar refractivity (Wildman–Crippen MR) is 68.4 cm³/mol. The Kier molecular flexibility index (Phi) is 4.95. The molecule has 0 saturated heterocycles. The van der Waals surface area contributed by atoms with Crippen LogP contribution >= 0.6 is 0 Å². The van der Waals surface area contributed by atoms with Crippen molar-refractivity contribution in [2.45, 2.75) is 43.4 Å². The minimum atomic E-state index is -3.40. The molecule has 0 bridgehead atoms. The van der Waals surface area contributed by atoms with E-state index in [-0.39, 0.29) is 12.1 Å². The number of hydrogen-bond donors (Lipinski definition) is 2. The van der Waals surface area contributed by atoms with Gasteiger partial charge in [0.15, 0.2) is 0 Å². The monoisotopic (exact) mass is 264 g/mol. The van der Waals surface area contributed by atoms with Gasteiger partial charge in [-0.3, -0.25) is 0 Å². The maximum Gasteiger partial charge on any atom is 0.216 e. The van der Waals surface area contributed by atoms with Crippen LogP contribution in [0.1, 0.15) is 32.6 Å². The van der Waals surface area contributed by atoms with Crippen molar-refractivity contribution in [1.82, 2.24) is 9.62 Å². The van der Waals surface area contributed by atoms with Gasteiger partial charge in [-0.25, -0.2) is 13.1 Å². The van der Waals surface area contributed by atoms with Crippen LogP contribution in [0.4, 0.5) is 0 Å². The largest absolute Gasteiger partial charge is 0.395 e. The fourth-order valence-electron chi connectivity index (χ4n) is 2.29. The zero-order valence-electron chi connectivity index (χ0n) is 10.9. The lowest BCUT2D eigenvalue weighted by molar-refractivity contribution is 0.161. The summed E-state index contributed by atoms with van der Waals surface area (Å²) in [6, 6.07) is 0. The van der Waals surface area contributed by atoms with E-state index in [1.165, 1.54) is 6.92 Å². The summed E-state index contributed by atoms with van der Waals surface area (Å²) < 4.78 is 26.2. The molecule has 1 saturated carbocycles.